The molecule has 0 aliphatic heterocycles. The first kappa shape index (κ1) is 26.1. The molecule has 0 saturated heterocycles. The Morgan fingerprint density at radius 1 is 0.722 bits per heavy atom. The average Bonchev–Trinajstić information content (AvgIpc) is 2.91. The lowest BCUT2D eigenvalue weighted by molar-refractivity contribution is 0.0598. The number of benzene rings is 3. The predicted octanol–water partition coefficient (Wildman–Crippen LogP) is 4.50. The van der Waals surface area contributed by atoms with Crippen molar-refractivity contribution in [2.24, 2.45) is 0 Å². The summed E-state index contributed by atoms with van der Waals surface area (Å²) in [5, 5.41) is 2.71. The molecule has 1 N–H and O–H groups in total. The molecule has 0 atom stereocenters. The van der Waals surface area contributed by atoms with Crippen molar-refractivity contribution in [3.8, 4) is 17.2 Å². The molecule has 0 unspecified atom stereocenters. The van der Waals surface area contributed by atoms with Gasteiger partial charge in [-0.3, -0.25) is 4.79 Å². The molecule has 0 radical (unpaired) electrons. The topological polar surface area (TPSA) is 109 Å². The molecule has 0 fully saturated rings. The van der Waals surface area contributed by atoms with Crippen LogP contribution in [0.15, 0.2) is 60.7 Å². The molecule has 3 aromatic rings. The van der Waals surface area contributed by atoms with Gasteiger partial charge in [-0.25, -0.2) is 9.59 Å². The third-order valence-electron chi connectivity index (χ3n) is 5.11. The fraction of sp³-hybridized carbons (Fsp3) is 0.222. The number of anilines is 1. The number of carbonyl (C=O) groups is 3. The highest BCUT2D eigenvalue weighted by atomic mass is 16.5. The molecule has 1 amide bonds. The van der Waals surface area contributed by atoms with Crippen LogP contribution in [0.5, 0.6) is 17.2 Å². The summed E-state index contributed by atoms with van der Waals surface area (Å²) in [6.07, 6.45) is 0. The van der Waals surface area contributed by atoms with E-state index in [0.29, 0.717) is 35.0 Å². The molecular weight excluding hydrogens is 466 g/mol. The van der Waals surface area contributed by atoms with Crippen LogP contribution in [0.25, 0.3) is 0 Å². The molecule has 0 aliphatic rings. The zero-order valence-electron chi connectivity index (χ0n) is 20.5. The second-order valence-electron chi connectivity index (χ2n) is 7.46. The zero-order chi connectivity index (χ0) is 26.1. The van der Waals surface area contributed by atoms with Gasteiger partial charge in [0.1, 0.15) is 23.9 Å². The number of ether oxygens (including phenoxy) is 5. The molecule has 188 valence electrons. The first-order valence-corrected chi connectivity index (χ1v) is 11.0. The second kappa shape index (κ2) is 12.3. The van der Waals surface area contributed by atoms with Gasteiger partial charge in [-0.05, 0) is 67.6 Å². The highest BCUT2D eigenvalue weighted by Gasteiger charge is 2.17. The summed E-state index contributed by atoms with van der Waals surface area (Å²) in [5.74, 6) is 0.154. The third kappa shape index (κ3) is 6.53. The number of esters is 2. The predicted molar refractivity (Wildman–Crippen MR) is 132 cm³/mol. The highest BCUT2D eigenvalue weighted by Crippen LogP contribution is 2.25. The minimum absolute atomic E-state index is 0.0935. The number of hydrogen-bond donors (Lipinski definition) is 1. The van der Waals surface area contributed by atoms with Crippen LogP contribution in [0.1, 0.15) is 43.6 Å². The third-order valence-corrected chi connectivity index (χ3v) is 5.11. The maximum atomic E-state index is 13.0. The minimum Gasteiger partial charge on any atom is -0.497 e. The van der Waals surface area contributed by atoms with Gasteiger partial charge >= 0.3 is 11.9 Å². The van der Waals surface area contributed by atoms with Gasteiger partial charge in [-0.15, -0.1) is 0 Å². The normalized spacial score (nSPS) is 10.2. The van der Waals surface area contributed by atoms with E-state index in [-0.39, 0.29) is 23.4 Å². The molecule has 0 bridgehead atoms. The fourth-order valence-electron chi connectivity index (χ4n) is 3.34. The monoisotopic (exact) mass is 493 g/mol. The molecule has 3 aromatic carbocycles. The maximum Gasteiger partial charge on any atom is 0.337 e. The van der Waals surface area contributed by atoms with Gasteiger partial charge in [0.05, 0.1) is 39.1 Å². The zero-order valence-corrected chi connectivity index (χ0v) is 20.5. The fourth-order valence-corrected chi connectivity index (χ4v) is 3.34. The van der Waals surface area contributed by atoms with Gasteiger partial charge in [-0.2, -0.15) is 0 Å². The molecule has 0 aliphatic carbocycles. The molecule has 3 rings (SSSR count). The van der Waals surface area contributed by atoms with Crippen molar-refractivity contribution in [3.05, 3.63) is 82.9 Å². The standard InChI is InChI=1S/C27H27NO8/c1-5-35-24-11-6-17(12-20(24)16-36-23-9-7-22(32-2)8-10-23)25(29)28-21-14-18(26(30)33-3)13-19(15-21)27(31)34-4/h6-15H,5,16H2,1-4H3,(H,28,29). The Labute approximate surface area is 208 Å². The quantitative estimate of drug-likeness (QED) is 0.411. The number of hydrogen-bond acceptors (Lipinski definition) is 8. The number of methoxy groups -OCH3 is 3. The molecular formula is C27H27NO8. The lowest BCUT2D eigenvalue weighted by Gasteiger charge is -2.14. The Hall–Kier alpha value is -4.53. The summed E-state index contributed by atoms with van der Waals surface area (Å²) in [6, 6.07) is 16.3. The summed E-state index contributed by atoms with van der Waals surface area (Å²) in [5.41, 5.74) is 1.41. The molecule has 9 nitrogen and oxygen atoms in total. The minimum atomic E-state index is -0.657. The van der Waals surface area contributed by atoms with E-state index >= 15 is 0 Å². The van der Waals surface area contributed by atoms with Crippen molar-refractivity contribution in [1.29, 1.82) is 0 Å². The van der Waals surface area contributed by atoms with Crippen LogP contribution in [-0.2, 0) is 16.1 Å². The first-order chi connectivity index (χ1) is 17.4. The molecule has 0 spiro atoms. The average molecular weight is 494 g/mol. The van der Waals surface area contributed by atoms with Crippen molar-refractivity contribution in [2.75, 3.05) is 33.3 Å². The van der Waals surface area contributed by atoms with Crippen molar-refractivity contribution in [1.82, 2.24) is 0 Å². The number of nitrogens with one attached hydrogen (secondary N) is 1. The van der Waals surface area contributed by atoms with E-state index in [2.05, 4.69) is 5.32 Å². The Kier molecular flexibility index (Phi) is 8.88. The van der Waals surface area contributed by atoms with Crippen molar-refractivity contribution in [3.63, 3.8) is 0 Å². The van der Waals surface area contributed by atoms with E-state index in [1.807, 2.05) is 6.92 Å². The van der Waals surface area contributed by atoms with Gasteiger partial charge < -0.3 is 29.0 Å². The van der Waals surface area contributed by atoms with E-state index in [4.69, 9.17) is 23.7 Å². The Morgan fingerprint density at radius 3 is 1.89 bits per heavy atom. The van der Waals surface area contributed by atoms with Gasteiger partial charge in [0.15, 0.2) is 0 Å². The van der Waals surface area contributed by atoms with Crippen LogP contribution in [0.2, 0.25) is 0 Å². The van der Waals surface area contributed by atoms with Crippen molar-refractivity contribution in [2.45, 2.75) is 13.5 Å². The van der Waals surface area contributed by atoms with Crippen LogP contribution < -0.4 is 19.5 Å². The van der Waals surface area contributed by atoms with Crippen LogP contribution in [0.3, 0.4) is 0 Å². The number of carbonyl (C=O) groups excluding carboxylic acids is 3. The van der Waals surface area contributed by atoms with Crippen LogP contribution in [-0.4, -0.2) is 45.8 Å². The second-order valence-corrected chi connectivity index (χ2v) is 7.46. The van der Waals surface area contributed by atoms with Crippen molar-refractivity contribution < 1.29 is 38.1 Å². The van der Waals surface area contributed by atoms with Crippen LogP contribution in [0, 0.1) is 0 Å². The van der Waals surface area contributed by atoms with Crippen LogP contribution >= 0.6 is 0 Å². The van der Waals surface area contributed by atoms with Crippen LogP contribution in [0.4, 0.5) is 5.69 Å². The largest absolute Gasteiger partial charge is 0.497 e. The maximum absolute atomic E-state index is 13.0. The molecule has 0 saturated carbocycles. The molecule has 0 aromatic heterocycles. The highest BCUT2D eigenvalue weighted by molar-refractivity contribution is 6.06. The summed E-state index contributed by atoms with van der Waals surface area (Å²) < 4.78 is 26.2. The molecule has 36 heavy (non-hydrogen) atoms. The molecule has 0 heterocycles. The summed E-state index contributed by atoms with van der Waals surface area (Å²) in [4.78, 5) is 37.1. The van der Waals surface area contributed by atoms with E-state index in [0.717, 1.165) is 0 Å². The van der Waals surface area contributed by atoms with E-state index in [1.165, 1.54) is 32.4 Å². The Bertz CT molecular complexity index is 1200. The lowest BCUT2D eigenvalue weighted by Crippen LogP contribution is -2.15. The van der Waals surface area contributed by atoms with Gasteiger partial charge in [0, 0.05) is 16.8 Å². The SMILES string of the molecule is CCOc1ccc(C(=O)Nc2cc(C(=O)OC)cc(C(=O)OC)c2)cc1COc1ccc(OC)cc1. The lowest BCUT2D eigenvalue weighted by atomic mass is 10.1. The summed E-state index contributed by atoms with van der Waals surface area (Å²) in [7, 11) is 4.03. The number of rotatable bonds is 10. The Balaban J connectivity index is 1.84. The van der Waals surface area contributed by atoms with E-state index in [9.17, 15) is 14.4 Å². The summed E-state index contributed by atoms with van der Waals surface area (Å²) in [6.45, 7) is 2.46. The molecule has 9 heteroatoms. The Morgan fingerprint density at radius 2 is 1.33 bits per heavy atom. The van der Waals surface area contributed by atoms with Gasteiger partial charge in [0.25, 0.3) is 5.91 Å². The number of amides is 1. The van der Waals surface area contributed by atoms with E-state index in [1.54, 1.807) is 49.6 Å². The first-order valence-electron chi connectivity index (χ1n) is 11.0. The smallest absolute Gasteiger partial charge is 0.337 e. The van der Waals surface area contributed by atoms with Gasteiger partial charge in [-0.1, -0.05) is 0 Å². The summed E-state index contributed by atoms with van der Waals surface area (Å²) >= 11 is 0. The van der Waals surface area contributed by atoms with Gasteiger partial charge in [0.2, 0.25) is 0 Å². The van der Waals surface area contributed by atoms with E-state index < -0.39 is 17.8 Å². The van der Waals surface area contributed by atoms with Crippen molar-refractivity contribution >= 4 is 23.5 Å².